The highest BCUT2D eigenvalue weighted by atomic mass is 16.4. The average Bonchev–Trinajstić information content (AvgIpc) is 2.83. The fourth-order valence-electron chi connectivity index (χ4n) is 3.20. The highest BCUT2D eigenvalue weighted by Crippen LogP contribution is 2.06. The lowest BCUT2D eigenvalue weighted by molar-refractivity contribution is -0.142. The summed E-state index contributed by atoms with van der Waals surface area (Å²) in [7, 11) is 0. The molecule has 204 valence electrons. The Balaban J connectivity index is 2.99. The van der Waals surface area contributed by atoms with Gasteiger partial charge in [-0.1, -0.05) is 30.3 Å². The number of hydrogen-bond donors (Lipinski definition) is 8. The predicted octanol–water partition coefficient (Wildman–Crippen LogP) is -1.97. The first-order chi connectivity index (χ1) is 17.4. The highest BCUT2D eigenvalue weighted by molar-refractivity contribution is 5.94. The molecule has 11 N–H and O–H groups in total. The largest absolute Gasteiger partial charge is 0.481 e. The van der Waals surface area contributed by atoms with Crippen molar-refractivity contribution in [2.75, 3.05) is 6.54 Å². The Morgan fingerprint density at radius 2 is 1.46 bits per heavy atom. The van der Waals surface area contributed by atoms with Gasteiger partial charge in [0, 0.05) is 13.0 Å². The third-order valence-electron chi connectivity index (χ3n) is 5.22. The lowest BCUT2D eigenvalue weighted by Gasteiger charge is -2.24. The Kier molecular flexibility index (Phi) is 13.1. The first-order valence-corrected chi connectivity index (χ1v) is 11.6. The molecule has 0 aliphatic heterocycles. The minimum atomic E-state index is -1.36. The number of carboxylic acid groups (broad SMARTS) is 2. The van der Waals surface area contributed by atoms with Crippen molar-refractivity contribution in [1.29, 1.82) is 0 Å². The average molecular weight is 522 g/mol. The van der Waals surface area contributed by atoms with E-state index in [-0.39, 0.29) is 38.2 Å². The smallest absolute Gasteiger partial charge is 0.325 e. The van der Waals surface area contributed by atoms with E-state index in [1.807, 2.05) is 6.07 Å². The number of amides is 3. The summed E-state index contributed by atoms with van der Waals surface area (Å²) in [6, 6.07) is 4.26. The van der Waals surface area contributed by atoms with Crippen LogP contribution in [0.25, 0.3) is 0 Å². The van der Waals surface area contributed by atoms with Gasteiger partial charge >= 0.3 is 11.9 Å². The molecule has 4 atom stereocenters. The van der Waals surface area contributed by atoms with E-state index in [1.165, 1.54) is 6.92 Å². The van der Waals surface area contributed by atoms with Crippen LogP contribution in [0.1, 0.15) is 38.2 Å². The molecule has 0 aliphatic rings. The van der Waals surface area contributed by atoms with Crippen LogP contribution in [-0.4, -0.2) is 76.5 Å². The minimum absolute atomic E-state index is 0.0746. The second-order valence-electron chi connectivity index (χ2n) is 8.37. The molecular formula is C23H35N7O7. The summed E-state index contributed by atoms with van der Waals surface area (Å²) in [5.74, 6) is -4.94. The van der Waals surface area contributed by atoms with Gasteiger partial charge in [0.1, 0.15) is 18.1 Å². The topological polar surface area (TPSA) is 252 Å². The van der Waals surface area contributed by atoms with Crippen molar-refractivity contribution in [3.05, 3.63) is 35.9 Å². The van der Waals surface area contributed by atoms with E-state index in [4.69, 9.17) is 27.4 Å². The third-order valence-corrected chi connectivity index (χ3v) is 5.22. The number of benzene rings is 1. The van der Waals surface area contributed by atoms with Gasteiger partial charge in [0.15, 0.2) is 5.96 Å². The molecule has 1 aromatic rings. The van der Waals surface area contributed by atoms with Gasteiger partial charge < -0.3 is 43.4 Å². The Bertz CT molecular complexity index is 967. The molecule has 0 heterocycles. The highest BCUT2D eigenvalue weighted by Gasteiger charge is 2.29. The van der Waals surface area contributed by atoms with Gasteiger partial charge in [-0.25, -0.2) is 0 Å². The summed E-state index contributed by atoms with van der Waals surface area (Å²) in [6.45, 7) is 1.38. The Morgan fingerprint density at radius 3 is 2.03 bits per heavy atom. The van der Waals surface area contributed by atoms with Crippen molar-refractivity contribution in [3.63, 3.8) is 0 Å². The first kappa shape index (κ1) is 30.8. The molecule has 14 heteroatoms. The molecule has 37 heavy (non-hydrogen) atoms. The molecule has 0 aliphatic carbocycles. The number of nitrogens with one attached hydrogen (secondary N) is 3. The van der Waals surface area contributed by atoms with Gasteiger partial charge in [-0.2, -0.15) is 0 Å². The number of hydrogen-bond acceptors (Lipinski definition) is 7. The molecule has 14 nitrogen and oxygen atoms in total. The van der Waals surface area contributed by atoms with Gasteiger partial charge in [-0.3, -0.25) is 29.0 Å². The lowest BCUT2D eigenvalue weighted by Crippen LogP contribution is -2.57. The van der Waals surface area contributed by atoms with Crippen LogP contribution in [0.15, 0.2) is 35.3 Å². The van der Waals surface area contributed by atoms with Crippen molar-refractivity contribution in [2.45, 2.75) is 63.2 Å². The van der Waals surface area contributed by atoms with E-state index in [9.17, 15) is 24.0 Å². The van der Waals surface area contributed by atoms with E-state index in [0.717, 1.165) is 5.56 Å². The quantitative estimate of drug-likeness (QED) is 0.0676. The summed E-state index contributed by atoms with van der Waals surface area (Å²) in [5.41, 5.74) is 17.5. The molecule has 0 saturated carbocycles. The van der Waals surface area contributed by atoms with Crippen LogP contribution in [0.5, 0.6) is 0 Å². The summed E-state index contributed by atoms with van der Waals surface area (Å²) in [6.07, 6.45) is -0.201. The predicted molar refractivity (Wildman–Crippen MR) is 134 cm³/mol. The molecule has 0 fully saturated rings. The summed E-state index contributed by atoms with van der Waals surface area (Å²) < 4.78 is 0. The number of rotatable bonds is 16. The summed E-state index contributed by atoms with van der Waals surface area (Å²) in [4.78, 5) is 64.3. The normalized spacial score (nSPS) is 13.8. The Labute approximate surface area is 214 Å². The molecule has 3 amide bonds. The van der Waals surface area contributed by atoms with E-state index < -0.39 is 60.2 Å². The maximum atomic E-state index is 13.1. The third kappa shape index (κ3) is 12.4. The molecular weight excluding hydrogens is 486 g/mol. The molecule has 1 aromatic carbocycles. The molecule has 4 unspecified atom stereocenters. The van der Waals surface area contributed by atoms with Crippen LogP contribution in [0.2, 0.25) is 0 Å². The zero-order valence-electron chi connectivity index (χ0n) is 20.6. The van der Waals surface area contributed by atoms with Crippen molar-refractivity contribution >= 4 is 35.6 Å². The number of aliphatic carboxylic acids is 2. The van der Waals surface area contributed by atoms with Crippen molar-refractivity contribution in [3.8, 4) is 0 Å². The molecule has 0 spiro atoms. The Morgan fingerprint density at radius 1 is 0.892 bits per heavy atom. The number of carbonyl (C=O) groups is 5. The van der Waals surface area contributed by atoms with Gasteiger partial charge in [-0.05, 0) is 38.2 Å². The number of guanidine groups is 1. The Hall–Kier alpha value is -4.20. The van der Waals surface area contributed by atoms with Gasteiger partial charge in [-0.15, -0.1) is 0 Å². The van der Waals surface area contributed by atoms with Crippen molar-refractivity contribution in [2.24, 2.45) is 22.2 Å². The van der Waals surface area contributed by atoms with Crippen LogP contribution in [0.4, 0.5) is 0 Å². The SMILES string of the molecule is CC(NC(=O)C(CCC(=O)O)NC(=O)C(CCCN=C(N)N)NC(=O)C(N)Cc1ccccc1)C(=O)O. The molecule has 1 rings (SSSR count). The van der Waals surface area contributed by atoms with Crippen LogP contribution < -0.4 is 33.2 Å². The van der Waals surface area contributed by atoms with Crippen LogP contribution >= 0.6 is 0 Å². The first-order valence-electron chi connectivity index (χ1n) is 11.6. The van der Waals surface area contributed by atoms with Crippen molar-refractivity contribution < 1.29 is 34.2 Å². The van der Waals surface area contributed by atoms with Gasteiger partial charge in [0.05, 0.1) is 6.04 Å². The summed E-state index contributed by atoms with van der Waals surface area (Å²) in [5, 5.41) is 25.2. The standard InChI is InChI=1S/C23H35N7O7/c1-13(22(36)37)28-20(34)17(9-10-18(31)32)30-21(35)16(8-5-11-27-23(25)26)29-19(33)15(24)12-14-6-3-2-4-7-14/h2-4,6-7,13,15-17H,5,8-12,24H2,1H3,(H,28,34)(H,29,33)(H,30,35)(H,31,32)(H,36,37)(H4,25,26,27). The maximum Gasteiger partial charge on any atom is 0.325 e. The monoisotopic (exact) mass is 521 g/mol. The zero-order valence-corrected chi connectivity index (χ0v) is 20.6. The van der Waals surface area contributed by atoms with Crippen LogP contribution in [0.3, 0.4) is 0 Å². The minimum Gasteiger partial charge on any atom is -0.481 e. The number of carbonyl (C=O) groups excluding carboxylic acids is 3. The van der Waals surface area contributed by atoms with E-state index in [1.54, 1.807) is 24.3 Å². The number of nitrogens with zero attached hydrogens (tertiary/aromatic N) is 1. The molecule has 0 bridgehead atoms. The van der Waals surface area contributed by atoms with Crippen LogP contribution in [-0.2, 0) is 30.4 Å². The van der Waals surface area contributed by atoms with E-state index >= 15 is 0 Å². The number of carboxylic acids is 2. The van der Waals surface area contributed by atoms with E-state index in [2.05, 4.69) is 20.9 Å². The maximum absolute atomic E-state index is 13.1. The fourth-order valence-corrected chi connectivity index (χ4v) is 3.20. The second-order valence-corrected chi connectivity index (χ2v) is 8.37. The molecule has 0 saturated heterocycles. The second kappa shape index (κ2) is 15.7. The van der Waals surface area contributed by atoms with Gasteiger partial charge in [0.25, 0.3) is 0 Å². The van der Waals surface area contributed by atoms with Crippen LogP contribution in [0, 0.1) is 0 Å². The van der Waals surface area contributed by atoms with Crippen molar-refractivity contribution in [1.82, 2.24) is 16.0 Å². The molecule has 0 radical (unpaired) electrons. The molecule has 0 aromatic heterocycles. The zero-order chi connectivity index (χ0) is 28.0. The van der Waals surface area contributed by atoms with E-state index in [0.29, 0.717) is 0 Å². The lowest BCUT2D eigenvalue weighted by atomic mass is 10.0. The number of nitrogens with two attached hydrogens (primary N) is 3. The summed E-state index contributed by atoms with van der Waals surface area (Å²) >= 11 is 0. The van der Waals surface area contributed by atoms with Gasteiger partial charge in [0.2, 0.25) is 17.7 Å². The fraction of sp³-hybridized carbons (Fsp3) is 0.478. The number of aliphatic imine (C=N–C) groups is 1.